The molecule has 0 atom stereocenters. The van der Waals surface area contributed by atoms with Crippen molar-refractivity contribution in [3.8, 4) is 22.3 Å². The third kappa shape index (κ3) is 3.44. The molecule has 6 aromatic carbocycles. The molecule has 1 aliphatic rings. The van der Waals surface area contributed by atoms with E-state index in [0.717, 1.165) is 12.8 Å². The van der Waals surface area contributed by atoms with Gasteiger partial charge in [0, 0.05) is 0 Å². The van der Waals surface area contributed by atoms with E-state index < -0.39 is 0 Å². The third-order valence-electron chi connectivity index (χ3n) is 8.71. The van der Waals surface area contributed by atoms with Gasteiger partial charge in [0.15, 0.2) is 0 Å². The lowest BCUT2D eigenvalue weighted by molar-refractivity contribution is 1.01. The molecule has 7 rings (SSSR count). The van der Waals surface area contributed by atoms with E-state index in [1.54, 1.807) is 0 Å². The van der Waals surface area contributed by atoms with Crippen LogP contribution >= 0.6 is 0 Å². The average molecular weight is 489 g/mol. The van der Waals surface area contributed by atoms with Gasteiger partial charge in [0.1, 0.15) is 0 Å². The molecule has 0 saturated heterocycles. The molecule has 0 nitrogen and oxygen atoms in total. The quantitative estimate of drug-likeness (QED) is 0.212. The fourth-order valence-corrected chi connectivity index (χ4v) is 6.94. The highest BCUT2D eigenvalue weighted by molar-refractivity contribution is 6.14. The zero-order valence-corrected chi connectivity index (χ0v) is 22.7. The molecule has 1 aliphatic carbocycles. The van der Waals surface area contributed by atoms with Gasteiger partial charge in [0.25, 0.3) is 0 Å². The van der Waals surface area contributed by atoms with Crippen molar-refractivity contribution in [1.29, 1.82) is 0 Å². The normalized spacial score (nSPS) is 12.5. The number of fused-ring (bicyclic) bond motifs is 4. The minimum atomic E-state index is 0.968. The molecular formula is C38H32. The molecule has 0 bridgehead atoms. The lowest BCUT2D eigenvalue weighted by atomic mass is 9.73. The smallest absolute Gasteiger partial charge is 0.00135 e. The Kier molecular flexibility index (Phi) is 5.27. The topological polar surface area (TPSA) is 0 Å². The molecule has 0 spiro atoms. The molecule has 0 amide bonds. The predicted octanol–water partition coefficient (Wildman–Crippen LogP) is 10.1. The number of hydrogen-bond acceptors (Lipinski definition) is 0. The van der Waals surface area contributed by atoms with Gasteiger partial charge in [-0.25, -0.2) is 0 Å². The van der Waals surface area contributed by atoms with E-state index in [9.17, 15) is 0 Å². The molecule has 0 N–H and O–H groups in total. The van der Waals surface area contributed by atoms with Crippen molar-refractivity contribution in [2.45, 2.75) is 40.5 Å². The molecule has 38 heavy (non-hydrogen) atoms. The minimum absolute atomic E-state index is 0.968. The molecule has 0 heterocycles. The number of hydrogen-bond donors (Lipinski definition) is 0. The van der Waals surface area contributed by atoms with Crippen LogP contribution in [-0.2, 0) is 12.8 Å². The molecule has 0 saturated carbocycles. The predicted molar refractivity (Wildman–Crippen MR) is 163 cm³/mol. The first-order valence-electron chi connectivity index (χ1n) is 13.7. The molecule has 6 aromatic rings. The summed E-state index contributed by atoms with van der Waals surface area (Å²) in [4.78, 5) is 0. The summed E-state index contributed by atoms with van der Waals surface area (Å²) in [6.07, 6.45) is 1.94. The zero-order valence-electron chi connectivity index (χ0n) is 22.7. The summed E-state index contributed by atoms with van der Waals surface area (Å²) in [6, 6.07) is 36.3. The third-order valence-corrected chi connectivity index (χ3v) is 8.71. The Labute approximate surface area is 225 Å². The van der Waals surface area contributed by atoms with Crippen LogP contribution < -0.4 is 0 Å². The van der Waals surface area contributed by atoms with E-state index in [1.165, 1.54) is 88.3 Å². The van der Waals surface area contributed by atoms with Gasteiger partial charge < -0.3 is 0 Å². The van der Waals surface area contributed by atoms with Crippen LogP contribution in [0.25, 0.3) is 43.8 Å². The van der Waals surface area contributed by atoms with Crippen molar-refractivity contribution in [3.63, 3.8) is 0 Å². The van der Waals surface area contributed by atoms with E-state index in [-0.39, 0.29) is 0 Å². The molecule has 0 fully saturated rings. The van der Waals surface area contributed by atoms with Crippen LogP contribution in [0.2, 0.25) is 0 Å². The van der Waals surface area contributed by atoms with Crippen LogP contribution in [0.1, 0.15) is 44.5 Å². The van der Waals surface area contributed by atoms with E-state index in [0.29, 0.717) is 0 Å². The van der Waals surface area contributed by atoms with Gasteiger partial charge >= 0.3 is 0 Å². The first kappa shape index (κ1) is 23.0. The Hall–Kier alpha value is -4.16. The molecule has 0 heteroatoms. The van der Waals surface area contributed by atoms with Crippen LogP contribution in [0.4, 0.5) is 0 Å². The Bertz CT molecular complexity index is 1720. The van der Waals surface area contributed by atoms with Gasteiger partial charge in [-0.3, -0.25) is 0 Å². The lowest BCUT2D eigenvalue weighted by Crippen LogP contribution is -2.12. The molecular weight excluding hydrogens is 456 g/mol. The van der Waals surface area contributed by atoms with Crippen LogP contribution in [0.5, 0.6) is 0 Å². The van der Waals surface area contributed by atoms with E-state index in [1.807, 2.05) is 0 Å². The van der Waals surface area contributed by atoms with E-state index in [4.69, 9.17) is 0 Å². The SMILES string of the molecule is Cc1cccc(C)c1-c1c2c(c(-c3c(C)cccc3C)c3cc4ccccc4cc13)Cc1ccccc1C2. The van der Waals surface area contributed by atoms with Crippen molar-refractivity contribution < 1.29 is 0 Å². The second-order valence-corrected chi connectivity index (χ2v) is 11.1. The van der Waals surface area contributed by atoms with Gasteiger partial charge in [0.2, 0.25) is 0 Å². The number of aryl methyl sites for hydroxylation is 4. The molecule has 0 aliphatic heterocycles. The minimum Gasteiger partial charge on any atom is -0.0620 e. The lowest BCUT2D eigenvalue weighted by Gasteiger charge is -2.30. The second-order valence-electron chi connectivity index (χ2n) is 11.1. The standard InChI is InChI=1S/C38H32/c1-23-11-9-12-24(2)35(23)37-31-19-27-15-5-7-17-29(27)21-33(31)38(36-25(3)13-10-14-26(36)4)34-22-30-18-8-6-16-28(30)20-32(34)37/h5-19,21H,20,22H2,1-4H3. The summed E-state index contributed by atoms with van der Waals surface area (Å²) in [5, 5.41) is 5.35. The summed E-state index contributed by atoms with van der Waals surface area (Å²) in [5.41, 5.74) is 17.0. The van der Waals surface area contributed by atoms with Gasteiger partial charge in [-0.1, -0.05) is 84.9 Å². The van der Waals surface area contributed by atoms with Crippen molar-refractivity contribution >= 4 is 21.5 Å². The first-order valence-corrected chi connectivity index (χ1v) is 13.7. The average Bonchev–Trinajstić information content (AvgIpc) is 2.91. The summed E-state index contributed by atoms with van der Waals surface area (Å²) in [5.74, 6) is 0. The van der Waals surface area contributed by atoms with Crippen molar-refractivity contribution in [3.05, 3.63) is 142 Å². The van der Waals surface area contributed by atoms with Gasteiger partial charge in [-0.05, 0) is 141 Å². The fourth-order valence-electron chi connectivity index (χ4n) is 6.94. The van der Waals surface area contributed by atoms with Crippen molar-refractivity contribution in [1.82, 2.24) is 0 Å². The summed E-state index contributed by atoms with van der Waals surface area (Å²) >= 11 is 0. The highest BCUT2D eigenvalue weighted by Gasteiger charge is 2.28. The summed E-state index contributed by atoms with van der Waals surface area (Å²) < 4.78 is 0. The Balaban J connectivity index is 1.74. The second kappa shape index (κ2) is 8.71. The first-order chi connectivity index (χ1) is 18.5. The summed E-state index contributed by atoms with van der Waals surface area (Å²) in [6.45, 7) is 9.10. The molecule has 0 radical (unpaired) electrons. The van der Waals surface area contributed by atoms with Gasteiger partial charge in [-0.2, -0.15) is 0 Å². The van der Waals surface area contributed by atoms with Crippen molar-refractivity contribution in [2.24, 2.45) is 0 Å². The van der Waals surface area contributed by atoms with Gasteiger partial charge in [0.05, 0.1) is 0 Å². The van der Waals surface area contributed by atoms with Crippen molar-refractivity contribution in [2.75, 3.05) is 0 Å². The largest absolute Gasteiger partial charge is 0.0620 e. The van der Waals surface area contributed by atoms with E-state index >= 15 is 0 Å². The molecule has 0 unspecified atom stereocenters. The maximum atomic E-state index is 2.46. The maximum Gasteiger partial charge on any atom is -0.00135 e. The Morgan fingerprint density at radius 2 is 0.763 bits per heavy atom. The Morgan fingerprint density at radius 3 is 1.16 bits per heavy atom. The molecule has 184 valence electrons. The monoisotopic (exact) mass is 488 g/mol. The van der Waals surface area contributed by atoms with Gasteiger partial charge in [-0.15, -0.1) is 0 Å². The molecule has 0 aromatic heterocycles. The highest BCUT2D eigenvalue weighted by Crippen LogP contribution is 2.49. The maximum absolute atomic E-state index is 2.46. The van der Waals surface area contributed by atoms with Crippen LogP contribution in [0, 0.1) is 27.7 Å². The Morgan fingerprint density at radius 1 is 0.395 bits per heavy atom. The van der Waals surface area contributed by atoms with Crippen LogP contribution in [-0.4, -0.2) is 0 Å². The van der Waals surface area contributed by atoms with E-state index in [2.05, 4.69) is 125 Å². The fraction of sp³-hybridized carbons (Fsp3) is 0.158. The highest BCUT2D eigenvalue weighted by atomic mass is 14.3. The van der Waals surface area contributed by atoms with Crippen LogP contribution in [0.3, 0.4) is 0 Å². The zero-order chi connectivity index (χ0) is 26.0. The summed E-state index contributed by atoms with van der Waals surface area (Å²) in [7, 11) is 0. The number of rotatable bonds is 2. The van der Waals surface area contributed by atoms with Crippen LogP contribution in [0.15, 0.2) is 97.1 Å². The number of benzene rings is 6.